The van der Waals surface area contributed by atoms with Crippen molar-refractivity contribution in [2.45, 2.75) is 148 Å². The van der Waals surface area contributed by atoms with E-state index in [9.17, 15) is 33.5 Å². The number of ether oxygens (including phenoxy) is 2. The van der Waals surface area contributed by atoms with Gasteiger partial charge in [0.15, 0.2) is 11.9 Å². The molecule has 0 aliphatic carbocycles. The molecule has 0 aromatic carbocycles. The molecule has 0 aromatic heterocycles. The molecule has 0 saturated heterocycles. The topological polar surface area (TPSA) is 212 Å². The summed E-state index contributed by atoms with van der Waals surface area (Å²) in [6.45, 7) is 1.35. The Labute approximate surface area is 370 Å². The van der Waals surface area contributed by atoms with Gasteiger partial charge in [-0.15, -0.1) is 0 Å². The van der Waals surface area contributed by atoms with Crippen LogP contribution in [0.15, 0.2) is 97.2 Å². The number of aliphatic hydroxyl groups excluding tert-OH is 1. The quantitative estimate of drug-likeness (QED) is 0.0112. The van der Waals surface area contributed by atoms with E-state index in [0.717, 1.165) is 64.2 Å². The predicted octanol–water partition coefficient (Wildman–Crippen LogP) is 10.5. The second-order valence-electron chi connectivity index (χ2n) is 14.3. The molecule has 0 radical (unpaired) electrons. The van der Waals surface area contributed by atoms with Crippen LogP contribution in [-0.4, -0.2) is 76.1 Å². The number of phosphoric acid groups is 2. The van der Waals surface area contributed by atoms with Gasteiger partial charge in [-0.2, -0.15) is 0 Å². The lowest BCUT2D eigenvalue weighted by molar-refractivity contribution is -0.161. The molecular formula is C46H74O14P2. The van der Waals surface area contributed by atoms with Crippen LogP contribution in [0, 0.1) is 0 Å². The average Bonchev–Trinajstić information content (AvgIpc) is 3.23. The van der Waals surface area contributed by atoms with Crippen molar-refractivity contribution in [3.63, 3.8) is 0 Å². The number of hydrogen-bond donors (Lipinski definition) is 4. The second-order valence-corrected chi connectivity index (χ2v) is 17.0. The molecule has 3 atom stereocenters. The van der Waals surface area contributed by atoms with Crippen molar-refractivity contribution in [3.05, 3.63) is 97.2 Å². The lowest BCUT2D eigenvalue weighted by Gasteiger charge is -2.20. The molecule has 1 unspecified atom stereocenters. The maximum atomic E-state index is 12.7. The number of hydrogen-bond acceptors (Lipinski definition) is 11. The van der Waals surface area contributed by atoms with Crippen molar-refractivity contribution >= 4 is 33.4 Å². The summed E-state index contributed by atoms with van der Waals surface area (Å²) in [5, 5.41) is 9.74. The number of carbonyl (C=O) groups is 3. The van der Waals surface area contributed by atoms with Gasteiger partial charge < -0.3 is 29.3 Å². The molecule has 352 valence electrons. The third-order valence-corrected chi connectivity index (χ3v) is 9.87. The number of unbranched alkanes of at least 4 members (excludes halogenated alkanes) is 7. The highest BCUT2D eigenvalue weighted by atomic mass is 31.2. The summed E-state index contributed by atoms with van der Waals surface area (Å²) in [5.74, 6) is -1.17. The second kappa shape index (κ2) is 40.5. The van der Waals surface area contributed by atoms with Gasteiger partial charge in [-0.25, -0.2) is 9.13 Å². The number of esters is 2. The Balaban J connectivity index is 4.73. The smallest absolute Gasteiger partial charge is 0.462 e. The number of rotatable bonds is 40. The molecule has 0 amide bonds. The van der Waals surface area contributed by atoms with Gasteiger partial charge in [0, 0.05) is 19.3 Å². The highest BCUT2D eigenvalue weighted by Gasteiger charge is 2.28. The SMILES string of the molecule is CC/C=C\C/C=C\C/C=C\C/C=C\C/C=C\C/C=C\CCC(=O)OC[C@H](COP(=O)(O)OC[C@@H](O)COP(=O)(O)O)OC(=O)CCCCCCCC(=O)/C=C/C=C\CCCCC. The fourth-order valence-electron chi connectivity index (χ4n) is 5.12. The molecule has 0 heterocycles. The lowest BCUT2D eigenvalue weighted by atomic mass is 10.1. The van der Waals surface area contributed by atoms with E-state index in [1.165, 1.54) is 12.8 Å². The minimum absolute atomic E-state index is 0.0262. The zero-order chi connectivity index (χ0) is 46.0. The minimum atomic E-state index is -4.89. The number of phosphoric ester groups is 2. The molecule has 0 aliphatic heterocycles. The van der Waals surface area contributed by atoms with Crippen LogP contribution >= 0.6 is 15.6 Å². The first-order valence-electron chi connectivity index (χ1n) is 21.9. The Kier molecular flexibility index (Phi) is 38.3. The molecule has 0 fully saturated rings. The van der Waals surface area contributed by atoms with E-state index in [0.29, 0.717) is 32.1 Å². The van der Waals surface area contributed by atoms with Crippen LogP contribution in [0.1, 0.15) is 136 Å². The molecule has 0 aliphatic rings. The summed E-state index contributed by atoms with van der Waals surface area (Å²) in [7, 11) is -9.75. The van der Waals surface area contributed by atoms with E-state index in [1.54, 1.807) is 12.2 Å². The molecule has 0 bridgehead atoms. The summed E-state index contributed by atoms with van der Waals surface area (Å²) in [6.07, 6.45) is 43.8. The molecule has 0 aromatic rings. The van der Waals surface area contributed by atoms with Gasteiger partial charge in [0.2, 0.25) is 0 Å². The highest BCUT2D eigenvalue weighted by Crippen LogP contribution is 2.43. The van der Waals surface area contributed by atoms with Gasteiger partial charge in [0.25, 0.3) is 0 Å². The fourth-order valence-corrected chi connectivity index (χ4v) is 6.27. The first-order valence-corrected chi connectivity index (χ1v) is 24.9. The minimum Gasteiger partial charge on any atom is -0.462 e. The van der Waals surface area contributed by atoms with Crippen LogP contribution in [-0.2, 0) is 46.6 Å². The van der Waals surface area contributed by atoms with E-state index in [1.807, 2.05) is 24.3 Å². The molecule has 16 heteroatoms. The standard InChI is InChI=1S/C46H74O14P2/c1-3-5-7-9-11-12-13-14-15-16-17-18-19-20-21-22-24-28-32-36-45(49)56-40-44(41-59-62(54,55)58-39-43(48)38-57-61(51,52)53)60-46(50)37-33-29-25-27-31-35-42(47)34-30-26-23-10-8-6-4-2/h5,7,11-12,14-15,17-18,20-21,23-24,26,28,30,34,43-44,48H,3-4,6,8-10,13,16,19,22,25,27,29,31-33,35-41H2,1-2H3,(H,54,55)(H2,51,52,53)/b7-5-,12-11-,15-14-,18-17-,21-20-,26-23-,28-24-,34-30+/t43-,44+/m0/s1. The molecular weight excluding hydrogens is 838 g/mol. The first kappa shape index (κ1) is 58.7. The van der Waals surface area contributed by atoms with E-state index in [2.05, 4.69) is 83.7 Å². The number of ketones is 1. The number of aliphatic hydroxyl groups is 1. The Morgan fingerprint density at radius 3 is 1.65 bits per heavy atom. The van der Waals surface area contributed by atoms with Gasteiger partial charge in [0.1, 0.15) is 12.7 Å². The van der Waals surface area contributed by atoms with Gasteiger partial charge in [-0.1, -0.05) is 137 Å². The first-order chi connectivity index (χ1) is 29.8. The Morgan fingerprint density at radius 1 is 0.532 bits per heavy atom. The summed E-state index contributed by atoms with van der Waals surface area (Å²) in [5.41, 5.74) is 0. The third-order valence-electron chi connectivity index (χ3n) is 8.44. The molecule has 0 rings (SSSR count). The van der Waals surface area contributed by atoms with Crippen molar-refractivity contribution in [2.24, 2.45) is 0 Å². The van der Waals surface area contributed by atoms with Gasteiger partial charge >= 0.3 is 27.6 Å². The zero-order valence-electron chi connectivity index (χ0n) is 36.9. The van der Waals surface area contributed by atoms with Crippen LogP contribution in [0.3, 0.4) is 0 Å². The van der Waals surface area contributed by atoms with Crippen molar-refractivity contribution in [2.75, 3.05) is 26.4 Å². The van der Waals surface area contributed by atoms with Gasteiger partial charge in [-0.05, 0) is 76.7 Å². The van der Waals surface area contributed by atoms with E-state index in [4.69, 9.17) is 23.8 Å². The maximum Gasteiger partial charge on any atom is 0.472 e. The molecule has 0 spiro atoms. The van der Waals surface area contributed by atoms with Crippen molar-refractivity contribution in [1.29, 1.82) is 0 Å². The van der Waals surface area contributed by atoms with Crippen molar-refractivity contribution in [1.82, 2.24) is 0 Å². The van der Waals surface area contributed by atoms with E-state index in [-0.39, 0.29) is 18.6 Å². The summed E-state index contributed by atoms with van der Waals surface area (Å²) >= 11 is 0. The summed E-state index contributed by atoms with van der Waals surface area (Å²) in [6, 6.07) is 0. The molecule has 4 N–H and O–H groups in total. The monoisotopic (exact) mass is 912 g/mol. The van der Waals surface area contributed by atoms with Crippen LogP contribution in [0.25, 0.3) is 0 Å². The number of allylic oxidation sites excluding steroid dienone is 16. The fraction of sp³-hybridized carbons (Fsp3) is 0.587. The molecule has 14 nitrogen and oxygen atoms in total. The Hall–Kier alpha value is -3.29. The summed E-state index contributed by atoms with van der Waals surface area (Å²) in [4.78, 5) is 64.7. The normalized spacial score (nSPS) is 14.8. The summed E-state index contributed by atoms with van der Waals surface area (Å²) < 4.78 is 47.6. The van der Waals surface area contributed by atoms with Crippen molar-refractivity contribution in [3.8, 4) is 0 Å². The average molecular weight is 913 g/mol. The highest BCUT2D eigenvalue weighted by molar-refractivity contribution is 7.47. The largest absolute Gasteiger partial charge is 0.472 e. The predicted molar refractivity (Wildman–Crippen MR) is 244 cm³/mol. The Bertz CT molecular complexity index is 1520. The van der Waals surface area contributed by atoms with Crippen LogP contribution in [0.2, 0.25) is 0 Å². The van der Waals surface area contributed by atoms with Crippen molar-refractivity contribution < 1.29 is 66.3 Å². The lowest BCUT2D eigenvalue weighted by Crippen LogP contribution is -2.29. The molecule has 0 saturated carbocycles. The van der Waals surface area contributed by atoms with Crippen LogP contribution in [0.5, 0.6) is 0 Å². The number of carbonyl (C=O) groups excluding carboxylic acids is 3. The van der Waals surface area contributed by atoms with Gasteiger partial charge in [0.05, 0.1) is 19.8 Å². The van der Waals surface area contributed by atoms with Crippen LogP contribution in [0.4, 0.5) is 0 Å². The maximum absolute atomic E-state index is 12.7. The zero-order valence-corrected chi connectivity index (χ0v) is 38.7. The third kappa shape index (κ3) is 43.4. The van der Waals surface area contributed by atoms with Gasteiger partial charge in [-0.3, -0.25) is 28.0 Å². The van der Waals surface area contributed by atoms with E-state index < -0.39 is 66.2 Å². The Morgan fingerprint density at radius 2 is 1.06 bits per heavy atom. The molecule has 62 heavy (non-hydrogen) atoms. The van der Waals surface area contributed by atoms with Crippen LogP contribution < -0.4 is 0 Å². The van der Waals surface area contributed by atoms with E-state index >= 15 is 0 Å².